The molecular weight excluding hydrogens is 324 g/mol. The maximum Gasteiger partial charge on any atom is 0.293 e. The minimum atomic E-state index is -0.568. The van der Waals surface area contributed by atoms with Crippen molar-refractivity contribution in [3.63, 3.8) is 0 Å². The number of nitro benzene ring substituents is 1. The van der Waals surface area contributed by atoms with Gasteiger partial charge in [-0.2, -0.15) is 0 Å². The molecule has 118 valence electrons. The van der Waals surface area contributed by atoms with Crippen molar-refractivity contribution in [2.75, 3.05) is 14.2 Å². The summed E-state index contributed by atoms with van der Waals surface area (Å²) >= 11 is 6.07. The highest BCUT2D eigenvalue weighted by molar-refractivity contribution is 6.36. The SMILES string of the molecule is COc1cc2[nH]c3c([N+](=O)[O-])ccc(Cl)c3c(=O)c2cc1OC. The number of pyridine rings is 1. The Balaban J connectivity index is 2.55. The van der Waals surface area contributed by atoms with Crippen LogP contribution in [-0.4, -0.2) is 24.1 Å². The zero-order valence-corrected chi connectivity index (χ0v) is 12.9. The average molecular weight is 335 g/mol. The molecular formula is C15H11ClN2O5. The molecule has 0 saturated carbocycles. The van der Waals surface area contributed by atoms with Crippen LogP contribution in [0.5, 0.6) is 11.5 Å². The lowest BCUT2D eigenvalue weighted by Crippen LogP contribution is -2.07. The van der Waals surface area contributed by atoms with Gasteiger partial charge in [0, 0.05) is 12.1 Å². The summed E-state index contributed by atoms with van der Waals surface area (Å²) in [7, 11) is 2.92. The minimum Gasteiger partial charge on any atom is -0.493 e. The van der Waals surface area contributed by atoms with E-state index >= 15 is 0 Å². The van der Waals surface area contributed by atoms with Gasteiger partial charge in [-0.25, -0.2) is 0 Å². The number of hydrogen-bond donors (Lipinski definition) is 1. The summed E-state index contributed by atoms with van der Waals surface area (Å²) in [5, 5.41) is 11.7. The molecule has 0 aliphatic rings. The number of nitrogens with zero attached hydrogens (tertiary/aromatic N) is 1. The van der Waals surface area contributed by atoms with Crippen molar-refractivity contribution in [1.82, 2.24) is 4.98 Å². The van der Waals surface area contributed by atoms with Gasteiger partial charge in [-0.15, -0.1) is 0 Å². The molecule has 2 aromatic carbocycles. The van der Waals surface area contributed by atoms with Crippen molar-refractivity contribution in [2.45, 2.75) is 0 Å². The standard InChI is InChI=1S/C15H11ClN2O5/c1-22-11-5-7-9(6-12(11)23-2)17-14-10(18(20)21)4-3-8(16)13(14)15(7)19/h3-6H,1-2H3,(H,17,19). The number of nitrogens with one attached hydrogen (secondary N) is 1. The zero-order chi connectivity index (χ0) is 16.7. The molecule has 0 aliphatic carbocycles. The lowest BCUT2D eigenvalue weighted by molar-refractivity contribution is -0.383. The van der Waals surface area contributed by atoms with E-state index in [9.17, 15) is 14.9 Å². The fourth-order valence-electron chi connectivity index (χ4n) is 2.51. The predicted octanol–water partition coefficient (Wildman–Crippen LogP) is 3.26. The highest BCUT2D eigenvalue weighted by atomic mass is 35.5. The van der Waals surface area contributed by atoms with Crippen molar-refractivity contribution in [3.8, 4) is 11.5 Å². The van der Waals surface area contributed by atoms with E-state index in [1.807, 2.05) is 0 Å². The number of rotatable bonds is 3. The molecule has 0 fully saturated rings. The van der Waals surface area contributed by atoms with Crippen LogP contribution in [0.2, 0.25) is 5.02 Å². The molecule has 3 aromatic rings. The fourth-order valence-corrected chi connectivity index (χ4v) is 2.75. The Kier molecular flexibility index (Phi) is 3.57. The number of nitro groups is 1. The Bertz CT molecular complexity index is 1010. The van der Waals surface area contributed by atoms with Crippen molar-refractivity contribution >= 4 is 39.1 Å². The molecule has 1 N–H and O–H groups in total. The molecule has 8 heteroatoms. The van der Waals surface area contributed by atoms with E-state index in [1.54, 1.807) is 6.07 Å². The van der Waals surface area contributed by atoms with E-state index in [0.29, 0.717) is 22.4 Å². The Morgan fingerprint density at radius 1 is 1.17 bits per heavy atom. The quantitative estimate of drug-likeness (QED) is 0.450. The molecule has 7 nitrogen and oxygen atoms in total. The van der Waals surface area contributed by atoms with Gasteiger partial charge in [0.2, 0.25) is 0 Å². The van der Waals surface area contributed by atoms with Crippen molar-refractivity contribution in [1.29, 1.82) is 0 Å². The maximum absolute atomic E-state index is 12.7. The fraction of sp³-hybridized carbons (Fsp3) is 0.133. The average Bonchev–Trinajstić information content (AvgIpc) is 2.53. The second-order valence-corrected chi connectivity index (χ2v) is 5.19. The Labute approximate surface area is 134 Å². The van der Waals surface area contributed by atoms with Gasteiger partial charge in [-0.1, -0.05) is 11.6 Å². The summed E-state index contributed by atoms with van der Waals surface area (Å²) in [5.41, 5.74) is -0.167. The molecule has 1 aromatic heterocycles. The number of methoxy groups -OCH3 is 2. The smallest absolute Gasteiger partial charge is 0.293 e. The number of benzene rings is 2. The van der Waals surface area contributed by atoms with Crippen LogP contribution in [-0.2, 0) is 0 Å². The zero-order valence-electron chi connectivity index (χ0n) is 12.2. The normalized spacial score (nSPS) is 10.9. The van der Waals surface area contributed by atoms with Crippen LogP contribution in [0.4, 0.5) is 5.69 Å². The summed E-state index contributed by atoms with van der Waals surface area (Å²) in [6.45, 7) is 0. The van der Waals surface area contributed by atoms with E-state index in [1.165, 1.54) is 32.4 Å². The number of ether oxygens (including phenoxy) is 2. The van der Waals surface area contributed by atoms with Crippen LogP contribution < -0.4 is 14.9 Å². The molecule has 0 radical (unpaired) electrons. The van der Waals surface area contributed by atoms with E-state index < -0.39 is 10.4 Å². The highest BCUT2D eigenvalue weighted by Gasteiger charge is 2.19. The first-order chi connectivity index (χ1) is 11.0. The van der Waals surface area contributed by atoms with Crippen molar-refractivity contribution < 1.29 is 14.4 Å². The van der Waals surface area contributed by atoms with Gasteiger partial charge in [0.05, 0.1) is 40.5 Å². The molecule has 0 amide bonds. The maximum atomic E-state index is 12.7. The van der Waals surface area contributed by atoms with Gasteiger partial charge >= 0.3 is 0 Å². The third-order valence-corrected chi connectivity index (χ3v) is 3.90. The molecule has 1 heterocycles. The molecule has 0 aliphatic heterocycles. The number of aromatic amines is 1. The second-order valence-electron chi connectivity index (χ2n) is 4.78. The van der Waals surface area contributed by atoms with Crippen LogP contribution in [0, 0.1) is 10.1 Å². The van der Waals surface area contributed by atoms with Crippen LogP contribution in [0.1, 0.15) is 0 Å². The van der Waals surface area contributed by atoms with Crippen LogP contribution in [0.15, 0.2) is 29.1 Å². The number of hydrogen-bond acceptors (Lipinski definition) is 5. The second kappa shape index (κ2) is 5.44. The lowest BCUT2D eigenvalue weighted by Gasteiger charge is -2.10. The molecule has 0 saturated heterocycles. The van der Waals surface area contributed by atoms with Gasteiger partial charge in [0.1, 0.15) is 5.52 Å². The van der Waals surface area contributed by atoms with E-state index in [-0.39, 0.29) is 21.6 Å². The van der Waals surface area contributed by atoms with E-state index in [2.05, 4.69) is 4.98 Å². The number of H-pyrrole nitrogens is 1. The number of aromatic nitrogens is 1. The van der Waals surface area contributed by atoms with Gasteiger partial charge in [-0.3, -0.25) is 14.9 Å². The van der Waals surface area contributed by atoms with Gasteiger partial charge in [-0.05, 0) is 12.1 Å². The lowest BCUT2D eigenvalue weighted by atomic mass is 10.1. The topological polar surface area (TPSA) is 94.5 Å². The summed E-state index contributed by atoms with van der Waals surface area (Å²) in [6, 6.07) is 5.66. The Morgan fingerprint density at radius 3 is 2.43 bits per heavy atom. The summed E-state index contributed by atoms with van der Waals surface area (Å²) in [6.07, 6.45) is 0. The van der Waals surface area contributed by atoms with E-state index in [4.69, 9.17) is 21.1 Å². The predicted molar refractivity (Wildman–Crippen MR) is 86.8 cm³/mol. The van der Waals surface area contributed by atoms with E-state index in [0.717, 1.165) is 0 Å². The highest BCUT2D eigenvalue weighted by Crippen LogP contribution is 2.34. The molecule has 3 rings (SSSR count). The number of fused-ring (bicyclic) bond motifs is 2. The monoisotopic (exact) mass is 334 g/mol. The third-order valence-electron chi connectivity index (χ3n) is 3.58. The van der Waals surface area contributed by atoms with Crippen LogP contribution in [0.3, 0.4) is 0 Å². The molecule has 0 unspecified atom stereocenters. The number of non-ortho nitro benzene ring substituents is 1. The van der Waals surface area contributed by atoms with Crippen molar-refractivity contribution in [3.05, 3.63) is 49.6 Å². The molecule has 0 spiro atoms. The van der Waals surface area contributed by atoms with Crippen LogP contribution >= 0.6 is 11.6 Å². The first kappa shape index (κ1) is 15.1. The summed E-state index contributed by atoms with van der Waals surface area (Å²) in [4.78, 5) is 26.3. The van der Waals surface area contributed by atoms with Gasteiger partial charge in [0.15, 0.2) is 16.9 Å². The first-order valence-electron chi connectivity index (χ1n) is 6.52. The summed E-state index contributed by atoms with van der Waals surface area (Å²) < 4.78 is 10.4. The van der Waals surface area contributed by atoms with Gasteiger partial charge < -0.3 is 14.5 Å². The molecule has 0 atom stereocenters. The third kappa shape index (κ3) is 2.25. The van der Waals surface area contributed by atoms with Crippen molar-refractivity contribution in [2.24, 2.45) is 0 Å². The van der Waals surface area contributed by atoms with Gasteiger partial charge in [0.25, 0.3) is 5.69 Å². The minimum absolute atomic E-state index is 0.0700. The largest absolute Gasteiger partial charge is 0.493 e. The molecule has 0 bridgehead atoms. The summed E-state index contributed by atoms with van der Waals surface area (Å²) in [5.74, 6) is 0.783. The first-order valence-corrected chi connectivity index (χ1v) is 6.90. The Hall–Kier alpha value is -2.80. The number of halogens is 1. The Morgan fingerprint density at radius 2 is 1.83 bits per heavy atom. The van der Waals surface area contributed by atoms with Crippen LogP contribution in [0.25, 0.3) is 21.8 Å². The molecule has 23 heavy (non-hydrogen) atoms.